The molecule has 0 atom stereocenters. The summed E-state index contributed by atoms with van der Waals surface area (Å²) >= 11 is 0. The fourth-order valence-corrected chi connectivity index (χ4v) is 2.58. The van der Waals surface area contributed by atoms with Gasteiger partial charge < -0.3 is 5.32 Å². The number of carbonyl (C=O) groups excluding carboxylic acids is 1. The second kappa shape index (κ2) is 3.45. The van der Waals surface area contributed by atoms with Gasteiger partial charge in [-0.05, 0) is 6.42 Å². The van der Waals surface area contributed by atoms with Crippen molar-refractivity contribution in [3.05, 3.63) is 17.8 Å². The Hall–Kier alpha value is -1.58. The molecule has 0 unspecified atom stereocenters. The number of rotatable bonds is 1. The summed E-state index contributed by atoms with van der Waals surface area (Å²) < 4.78 is 0. The molecular formula is C13H17N3O. The molecule has 3 heterocycles. The van der Waals surface area contributed by atoms with Gasteiger partial charge in [0.2, 0.25) is 5.91 Å². The van der Waals surface area contributed by atoms with Crippen molar-refractivity contribution in [3.8, 4) is 0 Å². The molecule has 4 nitrogen and oxygen atoms in total. The first-order chi connectivity index (χ1) is 8.08. The number of hydrogen-bond acceptors (Lipinski definition) is 3. The van der Waals surface area contributed by atoms with E-state index in [1.807, 2.05) is 12.3 Å². The molecule has 2 aliphatic rings. The maximum absolute atomic E-state index is 11.7. The Morgan fingerprint density at radius 3 is 3.00 bits per heavy atom. The van der Waals surface area contributed by atoms with E-state index in [9.17, 15) is 4.79 Å². The molecular weight excluding hydrogens is 214 g/mol. The van der Waals surface area contributed by atoms with Gasteiger partial charge in [-0.25, -0.2) is 4.98 Å². The molecule has 0 aliphatic carbocycles. The van der Waals surface area contributed by atoms with Gasteiger partial charge in [0.25, 0.3) is 0 Å². The van der Waals surface area contributed by atoms with Crippen LogP contribution in [-0.2, 0) is 10.2 Å². The van der Waals surface area contributed by atoms with Gasteiger partial charge in [-0.3, -0.25) is 9.69 Å². The normalized spacial score (nSPS) is 21.5. The fourth-order valence-electron chi connectivity index (χ4n) is 2.58. The lowest BCUT2D eigenvalue weighted by Gasteiger charge is -2.18. The number of pyridine rings is 1. The molecule has 4 heteroatoms. The third kappa shape index (κ3) is 1.59. The lowest BCUT2D eigenvalue weighted by Crippen LogP contribution is -2.24. The van der Waals surface area contributed by atoms with E-state index in [0.29, 0.717) is 6.42 Å². The van der Waals surface area contributed by atoms with E-state index in [-0.39, 0.29) is 11.3 Å². The molecule has 90 valence electrons. The third-order valence-corrected chi connectivity index (χ3v) is 3.69. The third-order valence-electron chi connectivity index (χ3n) is 3.69. The first-order valence-electron chi connectivity index (χ1n) is 6.13. The van der Waals surface area contributed by atoms with E-state index in [2.05, 4.69) is 24.1 Å². The molecule has 2 aliphatic heterocycles. The zero-order valence-corrected chi connectivity index (χ0v) is 10.3. The highest BCUT2D eigenvalue weighted by Crippen LogP contribution is 2.37. The smallest absolute Gasteiger partial charge is 0.228 e. The zero-order chi connectivity index (χ0) is 12.0. The largest absolute Gasteiger partial charge is 0.384 e. The molecule has 0 spiro atoms. The van der Waals surface area contributed by atoms with Crippen molar-refractivity contribution in [2.24, 2.45) is 0 Å². The molecule has 1 N–H and O–H groups in total. The number of hydrogen-bond donors (Lipinski definition) is 1. The van der Waals surface area contributed by atoms with Gasteiger partial charge in [-0.15, -0.1) is 0 Å². The van der Waals surface area contributed by atoms with Crippen LogP contribution >= 0.6 is 0 Å². The SMILES string of the molecule is CC1(C)CNc2cc(N3CCCC3=O)ncc21. The Balaban J connectivity index is 1.98. The topological polar surface area (TPSA) is 45.2 Å². The maximum Gasteiger partial charge on any atom is 0.228 e. The van der Waals surface area contributed by atoms with Crippen LogP contribution < -0.4 is 10.2 Å². The Morgan fingerprint density at radius 1 is 1.47 bits per heavy atom. The predicted octanol–water partition coefficient (Wildman–Crippen LogP) is 1.91. The second-order valence-corrected chi connectivity index (χ2v) is 5.47. The number of fused-ring (bicyclic) bond motifs is 1. The minimum Gasteiger partial charge on any atom is -0.384 e. The molecule has 1 fully saturated rings. The van der Waals surface area contributed by atoms with Crippen LogP contribution in [0, 0.1) is 0 Å². The Bertz CT molecular complexity index is 482. The van der Waals surface area contributed by atoms with Crippen LogP contribution in [0.1, 0.15) is 32.3 Å². The highest BCUT2D eigenvalue weighted by atomic mass is 16.2. The number of carbonyl (C=O) groups is 1. The number of aromatic nitrogens is 1. The molecule has 1 aromatic heterocycles. The summed E-state index contributed by atoms with van der Waals surface area (Å²) in [5.74, 6) is 0.978. The molecule has 0 bridgehead atoms. The van der Waals surface area contributed by atoms with Crippen LogP contribution in [0.25, 0.3) is 0 Å². The fraction of sp³-hybridized carbons (Fsp3) is 0.538. The van der Waals surface area contributed by atoms with E-state index in [1.165, 1.54) is 5.56 Å². The summed E-state index contributed by atoms with van der Waals surface area (Å²) in [6, 6.07) is 2.01. The minimum atomic E-state index is 0.135. The number of nitrogens with zero attached hydrogens (tertiary/aromatic N) is 2. The van der Waals surface area contributed by atoms with Crippen LogP contribution in [0.2, 0.25) is 0 Å². The van der Waals surface area contributed by atoms with Crippen LogP contribution in [0.5, 0.6) is 0 Å². The molecule has 1 saturated heterocycles. The number of amides is 1. The first-order valence-corrected chi connectivity index (χ1v) is 6.13. The zero-order valence-electron chi connectivity index (χ0n) is 10.3. The summed E-state index contributed by atoms with van der Waals surface area (Å²) in [6.45, 7) is 6.14. The van der Waals surface area contributed by atoms with E-state index >= 15 is 0 Å². The van der Waals surface area contributed by atoms with E-state index in [1.54, 1.807) is 4.90 Å². The van der Waals surface area contributed by atoms with Gasteiger partial charge >= 0.3 is 0 Å². The van der Waals surface area contributed by atoms with Crippen molar-refractivity contribution in [3.63, 3.8) is 0 Å². The Labute approximate surface area is 101 Å². The van der Waals surface area contributed by atoms with Crippen molar-refractivity contribution >= 4 is 17.4 Å². The van der Waals surface area contributed by atoms with Gasteiger partial charge in [0.15, 0.2) is 0 Å². The van der Waals surface area contributed by atoms with E-state index in [0.717, 1.165) is 31.0 Å². The minimum absolute atomic E-state index is 0.135. The highest BCUT2D eigenvalue weighted by Gasteiger charge is 2.31. The van der Waals surface area contributed by atoms with Gasteiger partial charge in [-0.1, -0.05) is 13.8 Å². The number of anilines is 2. The van der Waals surface area contributed by atoms with Crippen molar-refractivity contribution in [2.45, 2.75) is 32.1 Å². The highest BCUT2D eigenvalue weighted by molar-refractivity contribution is 5.94. The second-order valence-electron chi connectivity index (χ2n) is 5.47. The quantitative estimate of drug-likeness (QED) is 0.803. The Morgan fingerprint density at radius 2 is 2.29 bits per heavy atom. The molecule has 1 amide bonds. The predicted molar refractivity (Wildman–Crippen MR) is 67.3 cm³/mol. The van der Waals surface area contributed by atoms with Crippen LogP contribution in [0.4, 0.5) is 11.5 Å². The van der Waals surface area contributed by atoms with Gasteiger partial charge in [0, 0.05) is 48.4 Å². The summed E-state index contributed by atoms with van der Waals surface area (Å²) in [7, 11) is 0. The molecule has 17 heavy (non-hydrogen) atoms. The van der Waals surface area contributed by atoms with E-state index in [4.69, 9.17) is 0 Å². The average Bonchev–Trinajstić information content (AvgIpc) is 2.83. The summed E-state index contributed by atoms with van der Waals surface area (Å²) in [4.78, 5) is 17.9. The van der Waals surface area contributed by atoms with Gasteiger partial charge in [0.05, 0.1) is 0 Å². The van der Waals surface area contributed by atoms with Crippen LogP contribution in [0.15, 0.2) is 12.3 Å². The van der Waals surface area contributed by atoms with Crippen molar-refractivity contribution in [1.82, 2.24) is 4.98 Å². The molecule has 1 aromatic rings. The molecule has 0 radical (unpaired) electrons. The summed E-state index contributed by atoms with van der Waals surface area (Å²) in [5, 5.41) is 3.39. The Kier molecular flexibility index (Phi) is 2.15. The summed E-state index contributed by atoms with van der Waals surface area (Å²) in [5.41, 5.74) is 2.50. The molecule has 0 saturated carbocycles. The lowest BCUT2D eigenvalue weighted by molar-refractivity contribution is -0.117. The standard InChI is InChI=1S/C13H17N3O/c1-13(2)8-15-10-6-11(14-7-9(10)13)16-5-3-4-12(16)17/h6-7,15H,3-5,8H2,1-2H3. The monoisotopic (exact) mass is 231 g/mol. The van der Waals surface area contributed by atoms with Gasteiger partial charge in [0.1, 0.15) is 5.82 Å². The van der Waals surface area contributed by atoms with Gasteiger partial charge in [-0.2, -0.15) is 0 Å². The summed E-state index contributed by atoms with van der Waals surface area (Å²) in [6.07, 6.45) is 3.50. The van der Waals surface area contributed by atoms with Crippen molar-refractivity contribution in [2.75, 3.05) is 23.3 Å². The van der Waals surface area contributed by atoms with Crippen LogP contribution in [-0.4, -0.2) is 24.0 Å². The van der Waals surface area contributed by atoms with Crippen molar-refractivity contribution in [1.29, 1.82) is 0 Å². The van der Waals surface area contributed by atoms with Crippen molar-refractivity contribution < 1.29 is 4.79 Å². The maximum atomic E-state index is 11.7. The molecule has 0 aromatic carbocycles. The average molecular weight is 231 g/mol. The lowest BCUT2D eigenvalue weighted by atomic mass is 9.88. The van der Waals surface area contributed by atoms with Crippen LogP contribution in [0.3, 0.4) is 0 Å². The first kappa shape index (κ1) is 10.6. The molecule has 3 rings (SSSR count). The van der Waals surface area contributed by atoms with E-state index < -0.39 is 0 Å². The number of nitrogens with one attached hydrogen (secondary N) is 1.